The number of likely N-dealkylation sites (tertiary alicyclic amines) is 1. The van der Waals surface area contributed by atoms with Gasteiger partial charge in [0.05, 0.1) is 18.0 Å². The van der Waals surface area contributed by atoms with Crippen LogP contribution in [0.4, 0.5) is 5.13 Å². The van der Waals surface area contributed by atoms with Crippen molar-refractivity contribution in [3.8, 4) is 6.07 Å². The topological polar surface area (TPSA) is 98.1 Å². The van der Waals surface area contributed by atoms with E-state index in [0.29, 0.717) is 16.6 Å². The predicted octanol–water partition coefficient (Wildman–Crippen LogP) is 2.77. The van der Waals surface area contributed by atoms with E-state index in [4.69, 9.17) is 5.26 Å². The highest BCUT2D eigenvalue weighted by atomic mass is 32.1. The highest BCUT2D eigenvalue weighted by Gasteiger charge is 2.69. The third kappa shape index (κ3) is 3.79. The van der Waals surface area contributed by atoms with Crippen molar-refractivity contribution in [2.45, 2.75) is 38.5 Å². The van der Waals surface area contributed by atoms with E-state index in [2.05, 4.69) is 32.7 Å². The van der Waals surface area contributed by atoms with Crippen LogP contribution in [-0.4, -0.2) is 47.9 Å². The van der Waals surface area contributed by atoms with Gasteiger partial charge in [-0.25, -0.2) is 4.98 Å². The minimum absolute atomic E-state index is 0.0151. The number of nitriles is 1. The number of hydrogen-bond donors (Lipinski definition) is 2. The minimum Gasteiger partial charge on any atom is -0.356 e. The molecule has 2 saturated carbocycles. The van der Waals surface area contributed by atoms with E-state index >= 15 is 0 Å². The minimum atomic E-state index is -0.364. The zero-order valence-corrected chi connectivity index (χ0v) is 18.5. The van der Waals surface area contributed by atoms with Crippen molar-refractivity contribution in [1.29, 1.82) is 5.26 Å². The van der Waals surface area contributed by atoms with Crippen molar-refractivity contribution < 1.29 is 9.59 Å². The molecule has 8 heteroatoms. The fourth-order valence-corrected chi connectivity index (χ4v) is 6.69. The molecule has 3 fully saturated rings. The van der Waals surface area contributed by atoms with Crippen LogP contribution < -0.4 is 10.6 Å². The summed E-state index contributed by atoms with van der Waals surface area (Å²) in [4.78, 5) is 33.5. The molecule has 1 saturated heterocycles. The standard InChI is InChI=1S/C23H29N5O2S/c24-13-15-14-26-22(31-15)27-21(30)19-17-6-5-16(23(17)7-8-23)18(19)20(29)25-9-1-2-10-28-11-3-4-12-28/h5-6,14,16-19H,1-4,7-12H2,(H,25,29)(H,26,27,30)/t16-,17+,18-,19-/m1/s1. The fraction of sp³-hybridized carbons (Fsp3) is 0.652. The van der Waals surface area contributed by atoms with Crippen molar-refractivity contribution in [2.24, 2.45) is 29.1 Å². The number of nitrogens with one attached hydrogen (secondary N) is 2. The quantitative estimate of drug-likeness (QED) is 0.479. The molecule has 31 heavy (non-hydrogen) atoms. The van der Waals surface area contributed by atoms with Gasteiger partial charge in [0, 0.05) is 6.54 Å². The molecule has 7 nitrogen and oxygen atoms in total. The monoisotopic (exact) mass is 439 g/mol. The van der Waals surface area contributed by atoms with Gasteiger partial charge in [0.25, 0.3) is 0 Å². The molecule has 0 aromatic carbocycles. The van der Waals surface area contributed by atoms with Gasteiger partial charge in [0.1, 0.15) is 10.9 Å². The van der Waals surface area contributed by atoms with Crippen LogP contribution in [0.2, 0.25) is 0 Å². The summed E-state index contributed by atoms with van der Waals surface area (Å²) >= 11 is 1.17. The normalized spacial score (nSPS) is 29.9. The van der Waals surface area contributed by atoms with Crippen LogP contribution in [0.3, 0.4) is 0 Å². The van der Waals surface area contributed by atoms with E-state index in [1.54, 1.807) is 0 Å². The Morgan fingerprint density at radius 2 is 1.87 bits per heavy atom. The SMILES string of the molecule is N#Cc1cnc(NC(=O)[C@H]2[C@H](C(=O)NCCCCN3CCCC3)[C@H]3C=C[C@@H]2C32CC2)s1. The second-order valence-electron chi connectivity index (χ2n) is 9.40. The Kier molecular flexibility index (Phi) is 5.57. The van der Waals surface area contributed by atoms with E-state index in [1.165, 1.54) is 43.5 Å². The molecular formula is C23H29N5O2S. The maximum absolute atomic E-state index is 13.2. The van der Waals surface area contributed by atoms with Gasteiger partial charge in [0.15, 0.2) is 5.13 Å². The summed E-state index contributed by atoms with van der Waals surface area (Å²) in [7, 11) is 0. The van der Waals surface area contributed by atoms with Gasteiger partial charge < -0.3 is 15.5 Å². The van der Waals surface area contributed by atoms with Gasteiger partial charge in [-0.15, -0.1) is 0 Å². The number of carbonyl (C=O) groups excluding carboxylic acids is 2. The molecule has 164 valence electrons. The zero-order chi connectivity index (χ0) is 21.4. The Hall–Kier alpha value is -2.24. The molecule has 1 aliphatic heterocycles. The van der Waals surface area contributed by atoms with Gasteiger partial charge in [0.2, 0.25) is 11.8 Å². The third-order valence-corrected chi connectivity index (χ3v) is 8.51. The van der Waals surface area contributed by atoms with Crippen molar-refractivity contribution in [2.75, 3.05) is 31.5 Å². The molecule has 2 amide bonds. The number of anilines is 1. The summed E-state index contributed by atoms with van der Waals surface area (Å²) in [6, 6.07) is 2.04. The molecule has 1 aromatic rings. The Labute approximate surface area is 186 Å². The summed E-state index contributed by atoms with van der Waals surface area (Å²) in [5, 5.41) is 15.4. The number of rotatable bonds is 8. The molecule has 1 aromatic heterocycles. The van der Waals surface area contributed by atoms with E-state index in [0.717, 1.165) is 32.2 Å². The lowest BCUT2D eigenvalue weighted by molar-refractivity contribution is -0.132. The third-order valence-electron chi connectivity index (χ3n) is 7.69. The highest BCUT2D eigenvalue weighted by Crippen LogP contribution is 2.72. The summed E-state index contributed by atoms with van der Waals surface area (Å²) in [5.74, 6) is -0.525. The second-order valence-corrected chi connectivity index (χ2v) is 10.4. The lowest BCUT2D eigenvalue weighted by atomic mass is 9.81. The predicted molar refractivity (Wildman–Crippen MR) is 118 cm³/mol. The molecule has 0 unspecified atom stereocenters. The molecule has 4 atom stereocenters. The van der Waals surface area contributed by atoms with Crippen molar-refractivity contribution in [3.63, 3.8) is 0 Å². The first-order chi connectivity index (χ1) is 15.1. The van der Waals surface area contributed by atoms with E-state index < -0.39 is 0 Å². The van der Waals surface area contributed by atoms with E-state index in [1.807, 2.05) is 6.07 Å². The number of nitrogens with zero attached hydrogens (tertiary/aromatic N) is 3. The summed E-state index contributed by atoms with van der Waals surface area (Å²) in [5.41, 5.74) is 0.112. The lowest BCUT2D eigenvalue weighted by Gasteiger charge is -2.26. The van der Waals surface area contributed by atoms with Crippen LogP contribution in [0.1, 0.15) is 43.4 Å². The first-order valence-electron chi connectivity index (χ1n) is 11.5. The summed E-state index contributed by atoms with van der Waals surface area (Å²) < 4.78 is 0. The number of allylic oxidation sites excluding steroid dienone is 2. The average Bonchev–Trinajstić information content (AvgIpc) is 3.10. The van der Waals surface area contributed by atoms with Crippen LogP contribution in [-0.2, 0) is 9.59 Å². The van der Waals surface area contributed by atoms with E-state index in [9.17, 15) is 9.59 Å². The molecule has 3 aliphatic carbocycles. The fourth-order valence-electron chi connectivity index (χ4n) is 6.08. The molecule has 2 N–H and O–H groups in total. The largest absolute Gasteiger partial charge is 0.356 e. The smallest absolute Gasteiger partial charge is 0.230 e. The molecule has 2 bridgehead atoms. The number of thiazole rings is 1. The summed E-state index contributed by atoms with van der Waals surface area (Å²) in [6.45, 7) is 4.19. The average molecular weight is 440 g/mol. The summed E-state index contributed by atoms with van der Waals surface area (Å²) in [6.07, 6.45) is 12.7. The maximum Gasteiger partial charge on any atom is 0.230 e. The number of amides is 2. The Balaban J connectivity index is 1.20. The Morgan fingerprint density at radius 3 is 2.52 bits per heavy atom. The highest BCUT2D eigenvalue weighted by molar-refractivity contribution is 7.16. The molecule has 1 spiro atoms. The first kappa shape index (κ1) is 20.7. The van der Waals surface area contributed by atoms with Crippen LogP contribution in [0.15, 0.2) is 18.3 Å². The van der Waals surface area contributed by atoms with Gasteiger partial charge in [-0.3, -0.25) is 9.59 Å². The van der Waals surface area contributed by atoms with Crippen molar-refractivity contribution >= 4 is 28.3 Å². The van der Waals surface area contributed by atoms with Gasteiger partial charge in [-0.05, 0) is 75.4 Å². The van der Waals surface area contributed by atoms with Crippen molar-refractivity contribution in [1.82, 2.24) is 15.2 Å². The van der Waals surface area contributed by atoms with Gasteiger partial charge in [-0.1, -0.05) is 23.5 Å². The van der Waals surface area contributed by atoms with Crippen LogP contribution in [0, 0.1) is 40.4 Å². The number of carbonyl (C=O) groups is 2. The molecule has 0 radical (unpaired) electrons. The van der Waals surface area contributed by atoms with Gasteiger partial charge in [-0.2, -0.15) is 5.26 Å². The first-order valence-corrected chi connectivity index (χ1v) is 12.3. The Morgan fingerprint density at radius 1 is 1.16 bits per heavy atom. The van der Waals surface area contributed by atoms with Crippen LogP contribution >= 0.6 is 11.3 Å². The van der Waals surface area contributed by atoms with E-state index in [-0.39, 0.29) is 40.9 Å². The van der Waals surface area contributed by atoms with Crippen molar-refractivity contribution in [3.05, 3.63) is 23.2 Å². The molecular weight excluding hydrogens is 410 g/mol. The molecule has 5 rings (SSSR count). The molecule has 4 aliphatic rings. The maximum atomic E-state index is 13.2. The second kappa shape index (κ2) is 8.36. The molecule has 2 heterocycles. The number of unbranched alkanes of at least 4 members (excludes halogenated alkanes) is 1. The van der Waals surface area contributed by atoms with Crippen LogP contribution in [0.25, 0.3) is 0 Å². The number of aromatic nitrogens is 1. The zero-order valence-electron chi connectivity index (χ0n) is 17.7. The van der Waals surface area contributed by atoms with Gasteiger partial charge >= 0.3 is 0 Å². The lowest BCUT2D eigenvalue weighted by Crippen LogP contribution is -2.42. The Bertz CT molecular complexity index is 925. The van der Waals surface area contributed by atoms with Crippen LogP contribution in [0.5, 0.6) is 0 Å². The number of hydrogen-bond acceptors (Lipinski definition) is 6.